The minimum absolute atomic E-state index is 0. The highest BCUT2D eigenvalue weighted by molar-refractivity contribution is 6.32. The van der Waals surface area contributed by atoms with Gasteiger partial charge in [0.15, 0.2) is 19.0 Å². The van der Waals surface area contributed by atoms with Crippen LogP contribution < -0.4 is 43.3 Å². The van der Waals surface area contributed by atoms with Gasteiger partial charge in [0.25, 0.3) is 5.91 Å². The molecule has 1 aromatic carbocycles. The highest BCUT2D eigenvalue weighted by Gasteiger charge is 2.08. The molecule has 0 fully saturated rings. The van der Waals surface area contributed by atoms with Gasteiger partial charge in [0, 0.05) is 24.7 Å². The molecule has 1 aromatic heterocycles. The number of nitrogens with zero attached hydrogens (tertiary/aromatic N) is 1. The highest BCUT2D eigenvalue weighted by Crippen LogP contribution is 2.29. The van der Waals surface area contributed by atoms with Gasteiger partial charge in [0.1, 0.15) is 18.5 Å². The first-order chi connectivity index (χ1) is 15.6. The highest BCUT2D eigenvalue weighted by atomic mass is 127. The topological polar surface area (TPSA) is 51.4 Å². The zero-order chi connectivity index (χ0) is 23.0. The van der Waals surface area contributed by atoms with Crippen molar-refractivity contribution in [2.45, 2.75) is 64.7 Å². The maximum absolute atomic E-state index is 12.0. The quantitative estimate of drug-likeness (QED) is 0.186. The third kappa shape index (κ3) is 13.1. The Morgan fingerprint density at radius 3 is 2.30 bits per heavy atom. The zero-order valence-electron chi connectivity index (χ0n) is 20.0. The van der Waals surface area contributed by atoms with E-state index in [0.29, 0.717) is 23.9 Å². The van der Waals surface area contributed by atoms with Crippen molar-refractivity contribution in [2.75, 3.05) is 19.8 Å². The summed E-state index contributed by atoms with van der Waals surface area (Å²) in [6.45, 7) is 3.43. The van der Waals surface area contributed by atoms with Crippen molar-refractivity contribution in [3.8, 4) is 11.5 Å². The second-order valence-electron chi connectivity index (χ2n) is 8.18. The largest absolute Gasteiger partial charge is 1.00 e. The number of unbranched alkanes of at least 4 members (excludes halogenated alkanes) is 7. The monoisotopic (exact) mass is 588 g/mol. The lowest BCUT2D eigenvalue weighted by Gasteiger charge is -2.11. The van der Waals surface area contributed by atoms with Crippen LogP contribution in [0.3, 0.4) is 0 Å². The molecule has 0 unspecified atom stereocenters. The molecule has 0 aliphatic carbocycles. The van der Waals surface area contributed by atoms with Crippen LogP contribution in [0.2, 0.25) is 5.02 Å². The predicted molar refractivity (Wildman–Crippen MR) is 129 cm³/mol. The molecular weight excluding hydrogens is 551 g/mol. The summed E-state index contributed by atoms with van der Waals surface area (Å²) in [6.07, 6.45) is 14.9. The Kier molecular flexibility index (Phi) is 16.0. The molecule has 2 aromatic rings. The zero-order valence-corrected chi connectivity index (χ0v) is 22.9. The first-order valence-electron chi connectivity index (χ1n) is 11.8. The summed E-state index contributed by atoms with van der Waals surface area (Å²) in [7, 11) is 1.98. The number of rotatable bonds is 16. The molecule has 33 heavy (non-hydrogen) atoms. The maximum Gasteiger partial charge on any atom is 0.257 e. The third-order valence-electron chi connectivity index (χ3n) is 5.31. The van der Waals surface area contributed by atoms with E-state index in [-0.39, 0.29) is 36.5 Å². The predicted octanol–water partition coefficient (Wildman–Crippen LogP) is 2.43. The summed E-state index contributed by atoms with van der Waals surface area (Å²) < 4.78 is 13.3. The van der Waals surface area contributed by atoms with Gasteiger partial charge in [-0.25, -0.2) is 4.57 Å². The fourth-order valence-electron chi connectivity index (χ4n) is 3.35. The standard InChI is InChI=1S/C26H37ClN2O3.HI/c1-3-4-5-6-7-8-9-10-19-31-23-11-12-25(24(27)20-23)32-21-26(30)28-16-13-22-14-17-29(2)18-15-22;/h11-12,14-15,17-18,20H,3-10,13,16,19,21H2,1-2H3;1H. The van der Waals surface area contributed by atoms with Gasteiger partial charge in [-0.3, -0.25) is 4.79 Å². The van der Waals surface area contributed by atoms with Gasteiger partial charge in [-0.2, -0.15) is 0 Å². The Bertz CT molecular complexity index is 803. The Hall–Kier alpha value is -1.54. The van der Waals surface area contributed by atoms with Crippen LogP contribution in [-0.2, 0) is 18.3 Å². The number of amides is 1. The summed E-state index contributed by atoms with van der Waals surface area (Å²) >= 11 is 6.29. The fraction of sp³-hybridized carbons (Fsp3) is 0.538. The van der Waals surface area contributed by atoms with E-state index < -0.39 is 0 Å². The molecule has 0 spiro atoms. The van der Waals surface area contributed by atoms with Gasteiger partial charge < -0.3 is 38.8 Å². The van der Waals surface area contributed by atoms with Gasteiger partial charge in [-0.15, -0.1) is 0 Å². The summed E-state index contributed by atoms with van der Waals surface area (Å²) in [5.74, 6) is 1.04. The number of hydrogen-bond donors (Lipinski definition) is 1. The molecule has 0 aliphatic heterocycles. The molecule has 0 saturated carbocycles. The molecule has 0 bridgehead atoms. The van der Waals surface area contributed by atoms with Crippen LogP contribution in [-0.4, -0.2) is 25.7 Å². The lowest BCUT2D eigenvalue weighted by atomic mass is 10.1. The number of carbonyl (C=O) groups is 1. The summed E-state index contributed by atoms with van der Waals surface area (Å²) in [5, 5.41) is 3.31. The molecule has 184 valence electrons. The number of pyridine rings is 1. The van der Waals surface area contributed by atoms with Crippen molar-refractivity contribution in [3.05, 3.63) is 53.3 Å². The van der Waals surface area contributed by atoms with Gasteiger partial charge in [0.2, 0.25) is 0 Å². The molecule has 0 aliphatic rings. The van der Waals surface area contributed by atoms with Gasteiger partial charge in [0.05, 0.1) is 11.6 Å². The number of benzene rings is 1. The first kappa shape index (κ1) is 29.5. The van der Waals surface area contributed by atoms with Crippen molar-refractivity contribution >= 4 is 17.5 Å². The minimum Gasteiger partial charge on any atom is -1.00 e. The average Bonchev–Trinajstić information content (AvgIpc) is 2.78. The smallest absolute Gasteiger partial charge is 0.257 e. The molecule has 0 saturated heterocycles. The number of aromatic nitrogens is 1. The fourth-order valence-corrected chi connectivity index (χ4v) is 3.58. The molecule has 2 rings (SSSR count). The summed E-state index contributed by atoms with van der Waals surface area (Å²) in [4.78, 5) is 12.0. The van der Waals surface area contributed by atoms with E-state index in [2.05, 4.69) is 12.2 Å². The normalized spacial score (nSPS) is 10.4. The molecule has 7 heteroatoms. The molecule has 0 atom stereocenters. The average molecular weight is 589 g/mol. The Morgan fingerprint density at radius 2 is 1.64 bits per heavy atom. The van der Waals surface area contributed by atoms with E-state index in [9.17, 15) is 4.79 Å². The van der Waals surface area contributed by atoms with E-state index in [1.54, 1.807) is 12.1 Å². The minimum atomic E-state index is -0.169. The van der Waals surface area contributed by atoms with Crippen LogP contribution in [0.15, 0.2) is 42.7 Å². The third-order valence-corrected chi connectivity index (χ3v) is 5.61. The van der Waals surface area contributed by atoms with Crippen LogP contribution in [0, 0.1) is 0 Å². The van der Waals surface area contributed by atoms with E-state index in [1.165, 1.54) is 50.5 Å². The van der Waals surface area contributed by atoms with Crippen molar-refractivity contribution in [3.63, 3.8) is 0 Å². The molecule has 5 nitrogen and oxygen atoms in total. The van der Waals surface area contributed by atoms with Crippen LogP contribution >= 0.6 is 11.6 Å². The number of halogens is 2. The number of carbonyl (C=O) groups excluding carboxylic acids is 1. The van der Waals surface area contributed by atoms with Crippen LogP contribution in [0.4, 0.5) is 0 Å². The summed E-state index contributed by atoms with van der Waals surface area (Å²) in [5.41, 5.74) is 1.18. The van der Waals surface area contributed by atoms with Crippen molar-refractivity contribution in [1.29, 1.82) is 0 Å². The summed E-state index contributed by atoms with van der Waals surface area (Å²) in [6, 6.07) is 9.41. The lowest BCUT2D eigenvalue weighted by molar-refractivity contribution is -0.671. The van der Waals surface area contributed by atoms with Crippen molar-refractivity contribution < 1.29 is 42.8 Å². The van der Waals surface area contributed by atoms with Crippen molar-refractivity contribution in [1.82, 2.24) is 5.32 Å². The number of aryl methyl sites for hydroxylation is 1. The van der Waals surface area contributed by atoms with E-state index in [0.717, 1.165) is 18.6 Å². The SMILES string of the molecule is CCCCCCCCCCOc1ccc(OCC(=O)NCCc2cc[n+](C)cc2)c(Cl)c1.[I-]. The van der Waals surface area contributed by atoms with E-state index in [1.807, 2.05) is 42.2 Å². The Labute approximate surface area is 221 Å². The second-order valence-corrected chi connectivity index (χ2v) is 8.58. The van der Waals surface area contributed by atoms with Gasteiger partial charge in [-0.05, 0) is 30.5 Å². The number of nitrogens with one attached hydrogen (secondary N) is 1. The number of hydrogen-bond acceptors (Lipinski definition) is 3. The maximum atomic E-state index is 12.0. The lowest BCUT2D eigenvalue weighted by Crippen LogP contribution is -3.00. The Balaban J connectivity index is 0.00000544. The van der Waals surface area contributed by atoms with Crippen LogP contribution in [0.1, 0.15) is 63.9 Å². The molecular formula is C26H38ClIN2O3. The number of ether oxygens (including phenoxy) is 2. The first-order valence-corrected chi connectivity index (χ1v) is 12.2. The van der Waals surface area contributed by atoms with Crippen LogP contribution in [0.25, 0.3) is 0 Å². The Morgan fingerprint density at radius 1 is 0.970 bits per heavy atom. The van der Waals surface area contributed by atoms with E-state index in [4.69, 9.17) is 21.1 Å². The second kappa shape index (κ2) is 17.9. The van der Waals surface area contributed by atoms with Crippen molar-refractivity contribution in [2.24, 2.45) is 7.05 Å². The molecule has 1 heterocycles. The molecule has 0 radical (unpaired) electrons. The van der Waals surface area contributed by atoms with E-state index >= 15 is 0 Å². The van der Waals surface area contributed by atoms with Gasteiger partial charge in [-0.1, -0.05) is 63.5 Å². The van der Waals surface area contributed by atoms with Gasteiger partial charge >= 0.3 is 0 Å². The molecule has 1 N–H and O–H groups in total. The van der Waals surface area contributed by atoms with Crippen LogP contribution in [0.5, 0.6) is 11.5 Å². The molecule has 1 amide bonds.